The van der Waals surface area contributed by atoms with Gasteiger partial charge in [-0.3, -0.25) is 4.79 Å². The molecule has 6 heteroatoms. The highest BCUT2D eigenvalue weighted by Crippen LogP contribution is 2.08. The van der Waals surface area contributed by atoms with Crippen LogP contribution in [0.4, 0.5) is 9.18 Å². The van der Waals surface area contributed by atoms with Gasteiger partial charge in [0.1, 0.15) is 5.82 Å². The van der Waals surface area contributed by atoms with Crippen LogP contribution < -0.4 is 5.32 Å². The van der Waals surface area contributed by atoms with Crippen LogP contribution in [0.2, 0.25) is 0 Å². The number of nitrogens with one attached hydrogen (secondary N) is 1. The Morgan fingerprint density at radius 1 is 1.09 bits per heavy atom. The fraction of sp³-hybridized carbons (Fsp3) is 0.500. The first-order chi connectivity index (χ1) is 10.5. The lowest BCUT2D eigenvalue weighted by atomic mass is 10.1. The molecule has 0 aromatic heterocycles. The highest BCUT2D eigenvalue weighted by atomic mass is 19.1. The minimum absolute atomic E-state index is 0.00975. The fourth-order valence-corrected chi connectivity index (χ4v) is 2.39. The molecular weight excluding hydrogens is 285 g/mol. The third-order valence-electron chi connectivity index (χ3n) is 3.60. The van der Waals surface area contributed by atoms with Crippen LogP contribution in [0.3, 0.4) is 0 Å². The predicted molar refractivity (Wildman–Crippen MR) is 81.9 cm³/mol. The van der Waals surface area contributed by atoms with Crippen molar-refractivity contribution < 1.29 is 14.0 Å². The molecule has 1 N–H and O–H groups in total. The first-order valence-corrected chi connectivity index (χ1v) is 7.53. The average Bonchev–Trinajstić information content (AvgIpc) is 2.49. The van der Waals surface area contributed by atoms with E-state index in [1.54, 1.807) is 21.9 Å². The minimum atomic E-state index is -0.305. The zero-order valence-corrected chi connectivity index (χ0v) is 13.0. The van der Waals surface area contributed by atoms with E-state index in [1.165, 1.54) is 12.1 Å². The van der Waals surface area contributed by atoms with Crippen LogP contribution in [0, 0.1) is 5.82 Å². The lowest BCUT2D eigenvalue weighted by Gasteiger charge is -2.35. The van der Waals surface area contributed by atoms with Crippen LogP contribution >= 0.6 is 0 Å². The molecule has 3 amide bonds. The summed E-state index contributed by atoms with van der Waals surface area (Å²) in [7, 11) is 0. The molecule has 5 nitrogen and oxygen atoms in total. The molecule has 0 radical (unpaired) electrons. The molecule has 22 heavy (non-hydrogen) atoms. The first-order valence-electron chi connectivity index (χ1n) is 7.53. The zero-order chi connectivity index (χ0) is 16.1. The van der Waals surface area contributed by atoms with Crippen molar-refractivity contribution >= 4 is 11.9 Å². The normalized spacial score (nSPS) is 15.1. The average molecular weight is 307 g/mol. The molecule has 0 saturated carbocycles. The van der Waals surface area contributed by atoms with E-state index in [4.69, 9.17) is 0 Å². The van der Waals surface area contributed by atoms with Crippen molar-refractivity contribution in [3.05, 3.63) is 35.6 Å². The molecule has 1 aromatic carbocycles. The fourth-order valence-electron chi connectivity index (χ4n) is 2.39. The van der Waals surface area contributed by atoms with Crippen molar-refractivity contribution in [2.45, 2.75) is 26.3 Å². The van der Waals surface area contributed by atoms with Gasteiger partial charge >= 0.3 is 6.03 Å². The third kappa shape index (κ3) is 4.44. The summed E-state index contributed by atoms with van der Waals surface area (Å²) in [6.45, 7) is 5.97. The second-order valence-electron chi connectivity index (χ2n) is 5.78. The quantitative estimate of drug-likeness (QED) is 0.923. The Balaban J connectivity index is 1.82. The summed E-state index contributed by atoms with van der Waals surface area (Å²) < 4.78 is 12.8. The van der Waals surface area contributed by atoms with Gasteiger partial charge in [-0.15, -0.1) is 0 Å². The maximum atomic E-state index is 12.8. The summed E-state index contributed by atoms with van der Waals surface area (Å²) in [5, 5.41) is 2.85. The molecule has 0 atom stereocenters. The number of halogens is 1. The minimum Gasteiger partial charge on any atom is -0.339 e. The van der Waals surface area contributed by atoms with Crippen molar-refractivity contribution in [2.75, 3.05) is 26.2 Å². The summed E-state index contributed by atoms with van der Waals surface area (Å²) in [5.74, 6) is -0.295. The first kappa shape index (κ1) is 16.3. The maximum Gasteiger partial charge on any atom is 0.317 e. The Morgan fingerprint density at radius 3 is 2.18 bits per heavy atom. The monoisotopic (exact) mass is 307 g/mol. The van der Waals surface area contributed by atoms with Gasteiger partial charge in [0.2, 0.25) is 5.91 Å². The van der Waals surface area contributed by atoms with Crippen LogP contribution in [0.5, 0.6) is 0 Å². The van der Waals surface area contributed by atoms with E-state index in [0.717, 1.165) is 5.56 Å². The van der Waals surface area contributed by atoms with Crippen molar-refractivity contribution in [1.29, 1.82) is 0 Å². The summed E-state index contributed by atoms with van der Waals surface area (Å²) in [6.07, 6.45) is 0.262. The van der Waals surface area contributed by atoms with Gasteiger partial charge in [-0.05, 0) is 31.5 Å². The van der Waals surface area contributed by atoms with Crippen molar-refractivity contribution in [3.8, 4) is 0 Å². The lowest BCUT2D eigenvalue weighted by Crippen LogP contribution is -2.54. The molecule has 2 rings (SSSR count). The Labute approximate surface area is 130 Å². The molecule has 0 spiro atoms. The summed E-state index contributed by atoms with van der Waals surface area (Å²) in [5.41, 5.74) is 0.798. The number of hydrogen-bond donors (Lipinski definition) is 1. The van der Waals surface area contributed by atoms with E-state index in [1.807, 2.05) is 13.8 Å². The molecule has 1 aliphatic rings. The van der Waals surface area contributed by atoms with Gasteiger partial charge in [0.15, 0.2) is 0 Å². The Bertz CT molecular complexity index is 523. The number of hydrogen-bond acceptors (Lipinski definition) is 2. The van der Waals surface area contributed by atoms with Crippen LogP contribution in [-0.4, -0.2) is 54.0 Å². The van der Waals surface area contributed by atoms with Crippen LogP contribution in [-0.2, 0) is 11.2 Å². The summed E-state index contributed by atoms with van der Waals surface area (Å²) in [4.78, 5) is 27.6. The highest BCUT2D eigenvalue weighted by molar-refractivity contribution is 5.79. The number of carbonyl (C=O) groups excluding carboxylic acids is 2. The second kappa shape index (κ2) is 7.24. The second-order valence-corrected chi connectivity index (χ2v) is 5.78. The number of amides is 3. The number of carbonyl (C=O) groups is 2. The molecule has 0 unspecified atom stereocenters. The highest BCUT2D eigenvalue weighted by Gasteiger charge is 2.24. The molecule has 0 bridgehead atoms. The predicted octanol–water partition coefficient (Wildman–Crippen LogP) is 1.63. The Kier molecular flexibility index (Phi) is 5.35. The third-order valence-corrected chi connectivity index (χ3v) is 3.60. The zero-order valence-electron chi connectivity index (χ0n) is 13.0. The molecule has 120 valence electrons. The van der Waals surface area contributed by atoms with Crippen molar-refractivity contribution in [3.63, 3.8) is 0 Å². The van der Waals surface area contributed by atoms with E-state index in [2.05, 4.69) is 5.32 Å². The number of urea groups is 1. The molecule has 1 saturated heterocycles. The van der Waals surface area contributed by atoms with Crippen LogP contribution in [0.25, 0.3) is 0 Å². The van der Waals surface area contributed by atoms with Crippen molar-refractivity contribution in [1.82, 2.24) is 15.1 Å². The van der Waals surface area contributed by atoms with Crippen LogP contribution in [0.1, 0.15) is 19.4 Å². The van der Waals surface area contributed by atoms with Gasteiger partial charge in [0, 0.05) is 32.2 Å². The Morgan fingerprint density at radius 2 is 1.64 bits per heavy atom. The SMILES string of the molecule is CC(C)NC(=O)N1CCN(C(=O)Cc2ccc(F)cc2)CC1. The maximum absolute atomic E-state index is 12.8. The van der Waals surface area contributed by atoms with Gasteiger partial charge in [-0.25, -0.2) is 9.18 Å². The van der Waals surface area contributed by atoms with Gasteiger partial charge in [-0.2, -0.15) is 0 Å². The molecular formula is C16H22FN3O2. The van der Waals surface area contributed by atoms with Crippen LogP contribution in [0.15, 0.2) is 24.3 Å². The topological polar surface area (TPSA) is 52.7 Å². The smallest absolute Gasteiger partial charge is 0.317 e. The van der Waals surface area contributed by atoms with Gasteiger partial charge in [-0.1, -0.05) is 12.1 Å². The molecule has 1 heterocycles. The van der Waals surface area contributed by atoms with E-state index in [-0.39, 0.29) is 30.2 Å². The van der Waals surface area contributed by atoms with E-state index < -0.39 is 0 Å². The van der Waals surface area contributed by atoms with Gasteiger partial charge < -0.3 is 15.1 Å². The number of rotatable bonds is 3. The van der Waals surface area contributed by atoms with Gasteiger partial charge in [0.25, 0.3) is 0 Å². The van der Waals surface area contributed by atoms with Gasteiger partial charge in [0.05, 0.1) is 6.42 Å². The molecule has 0 aliphatic carbocycles. The molecule has 1 fully saturated rings. The lowest BCUT2D eigenvalue weighted by molar-refractivity contribution is -0.131. The summed E-state index contributed by atoms with van der Waals surface area (Å²) in [6, 6.07) is 5.98. The summed E-state index contributed by atoms with van der Waals surface area (Å²) >= 11 is 0. The van der Waals surface area contributed by atoms with Crippen molar-refractivity contribution in [2.24, 2.45) is 0 Å². The number of nitrogens with zero attached hydrogens (tertiary/aromatic N) is 2. The van der Waals surface area contributed by atoms with E-state index in [0.29, 0.717) is 26.2 Å². The largest absolute Gasteiger partial charge is 0.339 e. The standard InChI is InChI=1S/C16H22FN3O2/c1-12(2)18-16(22)20-9-7-19(8-10-20)15(21)11-13-3-5-14(17)6-4-13/h3-6,12H,7-11H2,1-2H3,(H,18,22). The molecule has 1 aromatic rings. The van der Waals surface area contributed by atoms with E-state index >= 15 is 0 Å². The Hall–Kier alpha value is -2.11. The number of benzene rings is 1. The van der Waals surface area contributed by atoms with E-state index in [9.17, 15) is 14.0 Å². The molecule has 1 aliphatic heterocycles. The number of piperazine rings is 1.